The molecule has 0 N–H and O–H groups in total. The molecule has 0 aromatic heterocycles. The Morgan fingerprint density at radius 2 is 0.698 bits per heavy atom. The molecule has 3 rings (SSSR count). The van der Waals surface area contributed by atoms with Gasteiger partial charge in [0.1, 0.15) is 17.2 Å². The van der Waals surface area contributed by atoms with Crippen molar-refractivity contribution in [3.63, 3.8) is 0 Å². The minimum atomic E-state index is -1.85. The van der Waals surface area contributed by atoms with Crippen LogP contribution in [0.2, 0.25) is 0 Å². The van der Waals surface area contributed by atoms with Crippen LogP contribution in [0.1, 0.15) is 137 Å². The minimum Gasteiger partial charge on any atom is -0.408 e. The van der Waals surface area contributed by atoms with Crippen molar-refractivity contribution in [3.05, 3.63) is 88.0 Å². The van der Waals surface area contributed by atoms with Crippen molar-refractivity contribution in [2.75, 3.05) is 0 Å². The normalized spacial score (nSPS) is 13.3. The zero-order valence-electron chi connectivity index (χ0n) is 29.9. The highest BCUT2D eigenvalue weighted by atomic mass is 31.2. The summed E-state index contributed by atoms with van der Waals surface area (Å²) < 4.78 is 20.2. The predicted molar refractivity (Wildman–Crippen MR) is 186 cm³/mol. The van der Waals surface area contributed by atoms with Crippen molar-refractivity contribution in [2.24, 2.45) is 0 Å². The van der Waals surface area contributed by atoms with Crippen LogP contribution in [0.15, 0.2) is 54.6 Å². The Hall–Kier alpha value is -2.51. The lowest BCUT2D eigenvalue weighted by molar-refractivity contribution is 0.375. The van der Waals surface area contributed by atoms with Gasteiger partial charge in [-0.25, -0.2) is 0 Å². The summed E-state index contributed by atoms with van der Waals surface area (Å²) >= 11 is 0. The van der Waals surface area contributed by atoms with Crippen LogP contribution in [-0.2, 0) is 27.1 Å². The van der Waals surface area contributed by atoms with E-state index >= 15 is 0 Å². The topological polar surface area (TPSA) is 27.7 Å². The lowest BCUT2D eigenvalue weighted by Gasteiger charge is -2.30. The van der Waals surface area contributed by atoms with Crippen LogP contribution in [0.4, 0.5) is 0 Å². The van der Waals surface area contributed by atoms with Crippen LogP contribution in [0.3, 0.4) is 0 Å². The molecule has 3 nitrogen and oxygen atoms in total. The number of hydrogen-bond donors (Lipinski definition) is 0. The molecule has 0 amide bonds. The van der Waals surface area contributed by atoms with Crippen molar-refractivity contribution >= 4 is 8.60 Å². The average Bonchev–Trinajstić information content (AvgIpc) is 2.82. The smallest absolute Gasteiger partial charge is 0.408 e. The Bertz CT molecular complexity index is 1340. The molecule has 0 radical (unpaired) electrons. The van der Waals surface area contributed by atoms with Gasteiger partial charge in [0.25, 0.3) is 0 Å². The van der Waals surface area contributed by atoms with Crippen molar-refractivity contribution in [3.8, 4) is 17.2 Å². The summed E-state index contributed by atoms with van der Waals surface area (Å²) in [5, 5.41) is 0. The lowest BCUT2D eigenvalue weighted by atomic mass is 9.80. The standard InChI is InChI=1S/C39H57O3P/c1-26-23-27(35(2,3)4)17-20-32(26)40-43(41-33-21-18-28(36(5,6)7)24-30(33)38(11,12)13)42-34-22-19-29(37(8,9)10)25-31(34)39(14,15)16/h17-25H,1-16H3. The number of benzene rings is 3. The van der Waals surface area contributed by atoms with E-state index in [-0.39, 0.29) is 27.1 Å². The number of aryl methyl sites for hydroxylation is 1. The summed E-state index contributed by atoms with van der Waals surface area (Å²) in [6, 6.07) is 19.5. The maximum absolute atomic E-state index is 6.79. The number of hydrogen-bond acceptors (Lipinski definition) is 3. The fourth-order valence-electron chi connectivity index (χ4n) is 4.84. The van der Waals surface area contributed by atoms with Gasteiger partial charge in [0.05, 0.1) is 0 Å². The molecule has 3 aromatic rings. The van der Waals surface area contributed by atoms with Gasteiger partial charge in [0, 0.05) is 11.1 Å². The van der Waals surface area contributed by atoms with Crippen LogP contribution in [0, 0.1) is 6.92 Å². The van der Waals surface area contributed by atoms with Crippen molar-refractivity contribution in [1.29, 1.82) is 0 Å². The summed E-state index contributed by atoms with van der Waals surface area (Å²) in [5.41, 5.74) is 6.99. The zero-order valence-corrected chi connectivity index (χ0v) is 30.8. The molecule has 43 heavy (non-hydrogen) atoms. The van der Waals surface area contributed by atoms with Gasteiger partial charge in [-0.15, -0.1) is 0 Å². The fourth-order valence-corrected chi connectivity index (χ4v) is 5.96. The Morgan fingerprint density at radius 1 is 0.395 bits per heavy atom. The van der Waals surface area contributed by atoms with Gasteiger partial charge in [-0.05, 0) is 74.5 Å². The number of rotatable bonds is 6. The van der Waals surface area contributed by atoms with E-state index in [9.17, 15) is 0 Å². The largest absolute Gasteiger partial charge is 0.530 e. The fraction of sp³-hybridized carbons (Fsp3) is 0.538. The van der Waals surface area contributed by atoms with Gasteiger partial charge < -0.3 is 13.6 Å². The molecule has 0 aliphatic heterocycles. The molecule has 0 unspecified atom stereocenters. The van der Waals surface area contributed by atoms with Gasteiger partial charge in [0.2, 0.25) is 0 Å². The third-order valence-electron chi connectivity index (χ3n) is 7.87. The quantitative estimate of drug-likeness (QED) is 0.262. The third kappa shape index (κ3) is 9.01. The molecule has 0 atom stereocenters. The summed E-state index contributed by atoms with van der Waals surface area (Å²) in [4.78, 5) is 0. The molecule has 3 aromatic carbocycles. The van der Waals surface area contributed by atoms with E-state index in [4.69, 9.17) is 13.6 Å². The molecular weight excluding hydrogens is 547 g/mol. The molecule has 0 bridgehead atoms. The van der Waals surface area contributed by atoms with E-state index in [1.807, 2.05) is 0 Å². The first-order valence-corrected chi connectivity index (χ1v) is 16.7. The third-order valence-corrected chi connectivity index (χ3v) is 8.90. The van der Waals surface area contributed by atoms with E-state index < -0.39 is 8.60 Å². The average molecular weight is 605 g/mol. The second kappa shape index (κ2) is 12.1. The van der Waals surface area contributed by atoms with E-state index in [0.717, 1.165) is 33.9 Å². The summed E-state index contributed by atoms with van der Waals surface area (Å²) in [6.45, 7) is 35.6. The minimum absolute atomic E-state index is 0.0264. The monoisotopic (exact) mass is 604 g/mol. The van der Waals surface area contributed by atoms with Gasteiger partial charge in [-0.2, -0.15) is 0 Å². The summed E-state index contributed by atoms with van der Waals surface area (Å²) in [7, 11) is -1.85. The Morgan fingerprint density at radius 3 is 1.00 bits per heavy atom. The van der Waals surface area contributed by atoms with E-state index in [2.05, 4.69) is 165 Å². The molecule has 0 heterocycles. The van der Waals surface area contributed by atoms with Gasteiger partial charge in [-0.1, -0.05) is 140 Å². The first kappa shape index (κ1) is 35.0. The van der Waals surface area contributed by atoms with Crippen molar-refractivity contribution < 1.29 is 13.6 Å². The lowest BCUT2D eigenvalue weighted by Crippen LogP contribution is -2.19. The van der Waals surface area contributed by atoms with Gasteiger partial charge in [0.15, 0.2) is 0 Å². The van der Waals surface area contributed by atoms with Crippen LogP contribution < -0.4 is 13.6 Å². The highest BCUT2D eigenvalue weighted by Gasteiger charge is 2.31. The SMILES string of the molecule is Cc1cc(C(C)(C)C)ccc1OP(Oc1ccc(C(C)(C)C)cc1C(C)(C)C)Oc1ccc(C(C)(C)C)cc1C(C)(C)C. The van der Waals surface area contributed by atoms with Crippen LogP contribution in [0.5, 0.6) is 17.2 Å². The maximum Gasteiger partial charge on any atom is 0.530 e. The maximum atomic E-state index is 6.79. The van der Waals surface area contributed by atoms with Crippen molar-refractivity contribution in [1.82, 2.24) is 0 Å². The molecule has 0 fully saturated rings. The van der Waals surface area contributed by atoms with Gasteiger partial charge in [-0.3, -0.25) is 0 Å². The molecule has 0 saturated carbocycles. The molecule has 0 aliphatic rings. The molecule has 0 aliphatic carbocycles. The first-order chi connectivity index (χ1) is 19.4. The summed E-state index contributed by atoms with van der Waals surface area (Å²) in [6.07, 6.45) is 0. The van der Waals surface area contributed by atoms with Crippen LogP contribution in [0.25, 0.3) is 0 Å². The second-order valence-corrected chi connectivity index (χ2v) is 18.1. The molecule has 0 saturated heterocycles. The van der Waals surface area contributed by atoms with E-state index in [0.29, 0.717) is 0 Å². The van der Waals surface area contributed by atoms with E-state index in [1.54, 1.807) is 0 Å². The predicted octanol–water partition coefficient (Wildman–Crippen LogP) is 12.2. The molecule has 236 valence electrons. The van der Waals surface area contributed by atoms with E-state index in [1.165, 1.54) is 16.7 Å². The van der Waals surface area contributed by atoms with Crippen LogP contribution in [-0.4, -0.2) is 0 Å². The Labute approximate surface area is 264 Å². The molecule has 0 spiro atoms. The highest BCUT2D eigenvalue weighted by Crippen LogP contribution is 2.49. The highest BCUT2D eigenvalue weighted by molar-refractivity contribution is 7.43. The Kier molecular flexibility index (Phi) is 9.85. The second-order valence-electron chi connectivity index (χ2n) is 17.1. The zero-order chi connectivity index (χ0) is 32.8. The molecular formula is C39H57O3P. The molecule has 4 heteroatoms. The Balaban J connectivity index is 2.15. The van der Waals surface area contributed by atoms with Gasteiger partial charge >= 0.3 is 8.60 Å². The summed E-state index contributed by atoms with van der Waals surface area (Å²) in [5.74, 6) is 2.35. The van der Waals surface area contributed by atoms with Crippen molar-refractivity contribution in [2.45, 2.75) is 138 Å². The first-order valence-electron chi connectivity index (χ1n) is 15.6. The van der Waals surface area contributed by atoms with Crippen LogP contribution >= 0.6 is 8.60 Å².